The average Bonchev–Trinajstić information content (AvgIpc) is 2.46. The molecular formula is C11H19N3O2. The van der Waals surface area contributed by atoms with E-state index in [4.69, 9.17) is 9.26 Å². The number of morpholine rings is 1. The summed E-state index contributed by atoms with van der Waals surface area (Å²) in [7, 11) is 0. The molecule has 5 heteroatoms. The molecule has 0 radical (unpaired) electrons. The van der Waals surface area contributed by atoms with Crippen LogP contribution in [0.5, 0.6) is 0 Å². The lowest BCUT2D eigenvalue weighted by molar-refractivity contribution is -0.131. The van der Waals surface area contributed by atoms with E-state index in [-0.39, 0.29) is 11.7 Å². The molecule has 0 spiro atoms. The van der Waals surface area contributed by atoms with Crippen LogP contribution in [0.3, 0.4) is 0 Å². The first-order valence-electron chi connectivity index (χ1n) is 5.64. The van der Waals surface area contributed by atoms with Gasteiger partial charge in [0.15, 0.2) is 5.82 Å². The molecule has 0 aliphatic carbocycles. The number of ether oxygens (including phenoxy) is 1. The fourth-order valence-corrected chi connectivity index (χ4v) is 2.31. The van der Waals surface area contributed by atoms with Crippen LogP contribution in [0.2, 0.25) is 0 Å². The van der Waals surface area contributed by atoms with Crippen LogP contribution in [-0.2, 0) is 11.3 Å². The van der Waals surface area contributed by atoms with Crippen molar-refractivity contribution < 1.29 is 9.26 Å². The van der Waals surface area contributed by atoms with Crippen molar-refractivity contribution in [1.82, 2.24) is 15.0 Å². The second kappa shape index (κ2) is 4.14. The number of hydrogen-bond donors (Lipinski definition) is 0. The van der Waals surface area contributed by atoms with Gasteiger partial charge in [0.2, 0.25) is 5.89 Å². The van der Waals surface area contributed by atoms with Crippen molar-refractivity contribution in [2.75, 3.05) is 13.1 Å². The lowest BCUT2D eigenvalue weighted by atomic mass is 10.1. The molecule has 2 rings (SSSR count). The molecule has 1 aliphatic rings. The van der Waals surface area contributed by atoms with Gasteiger partial charge >= 0.3 is 0 Å². The maximum atomic E-state index is 5.84. The summed E-state index contributed by atoms with van der Waals surface area (Å²) in [4.78, 5) is 6.52. The van der Waals surface area contributed by atoms with Crippen molar-refractivity contribution in [3.05, 3.63) is 11.7 Å². The van der Waals surface area contributed by atoms with Crippen LogP contribution in [0.15, 0.2) is 4.52 Å². The van der Waals surface area contributed by atoms with E-state index in [9.17, 15) is 0 Å². The zero-order chi connectivity index (χ0) is 11.8. The summed E-state index contributed by atoms with van der Waals surface area (Å²) in [5, 5.41) is 3.91. The Kier molecular flexibility index (Phi) is 2.99. The number of aryl methyl sites for hydroxylation is 1. The lowest BCUT2D eigenvalue weighted by Gasteiger charge is -2.41. The Hall–Kier alpha value is -0.940. The maximum absolute atomic E-state index is 5.84. The minimum Gasteiger partial charge on any atom is -0.370 e. The third kappa shape index (κ3) is 2.80. The molecular weight excluding hydrogens is 206 g/mol. The molecule has 5 nitrogen and oxygen atoms in total. The van der Waals surface area contributed by atoms with E-state index in [1.807, 2.05) is 6.92 Å². The fourth-order valence-electron chi connectivity index (χ4n) is 2.31. The van der Waals surface area contributed by atoms with Gasteiger partial charge in [0.1, 0.15) is 0 Å². The quantitative estimate of drug-likeness (QED) is 0.761. The lowest BCUT2D eigenvalue weighted by Crippen LogP contribution is -2.51. The Labute approximate surface area is 95.8 Å². The van der Waals surface area contributed by atoms with Crippen molar-refractivity contribution in [2.45, 2.75) is 45.9 Å². The fraction of sp³-hybridized carbons (Fsp3) is 0.818. The molecule has 0 aromatic carbocycles. The molecule has 2 heterocycles. The second-order valence-electron chi connectivity index (χ2n) is 5.09. The van der Waals surface area contributed by atoms with E-state index in [1.165, 1.54) is 0 Å². The highest BCUT2D eigenvalue weighted by Crippen LogP contribution is 2.21. The first-order chi connectivity index (χ1) is 7.44. The zero-order valence-corrected chi connectivity index (χ0v) is 10.4. The van der Waals surface area contributed by atoms with Crippen molar-refractivity contribution in [1.29, 1.82) is 0 Å². The smallest absolute Gasteiger partial charge is 0.223 e. The largest absolute Gasteiger partial charge is 0.370 e. The van der Waals surface area contributed by atoms with Gasteiger partial charge in [-0.05, 0) is 20.8 Å². The molecule has 1 aromatic rings. The molecule has 0 N–H and O–H groups in total. The van der Waals surface area contributed by atoms with Crippen molar-refractivity contribution >= 4 is 0 Å². The van der Waals surface area contributed by atoms with E-state index < -0.39 is 0 Å². The van der Waals surface area contributed by atoms with Crippen LogP contribution < -0.4 is 0 Å². The molecule has 1 aromatic heterocycles. The number of hydrogen-bond acceptors (Lipinski definition) is 5. The molecule has 1 aliphatic heterocycles. The summed E-state index contributed by atoms with van der Waals surface area (Å²) >= 11 is 0. The molecule has 16 heavy (non-hydrogen) atoms. The summed E-state index contributed by atoms with van der Waals surface area (Å²) in [6.45, 7) is 10.7. The van der Waals surface area contributed by atoms with E-state index in [1.54, 1.807) is 0 Å². The van der Waals surface area contributed by atoms with Gasteiger partial charge in [-0.25, -0.2) is 0 Å². The molecule has 90 valence electrons. The molecule has 0 bridgehead atoms. The molecule has 1 saturated heterocycles. The maximum Gasteiger partial charge on any atom is 0.223 e. The highest BCUT2D eigenvalue weighted by atomic mass is 16.5. The Morgan fingerprint density at radius 3 is 2.81 bits per heavy atom. The Bertz CT molecular complexity index is 362. The van der Waals surface area contributed by atoms with E-state index >= 15 is 0 Å². The van der Waals surface area contributed by atoms with Crippen molar-refractivity contribution in [3.8, 4) is 0 Å². The highest BCUT2D eigenvalue weighted by Gasteiger charge is 2.31. The normalized spacial score (nSPS) is 25.9. The zero-order valence-electron chi connectivity index (χ0n) is 10.4. The number of rotatable bonds is 2. The van der Waals surface area contributed by atoms with Gasteiger partial charge in [0.25, 0.3) is 0 Å². The van der Waals surface area contributed by atoms with Gasteiger partial charge in [-0.3, -0.25) is 4.90 Å². The third-order valence-electron chi connectivity index (χ3n) is 2.57. The second-order valence-corrected chi connectivity index (χ2v) is 5.09. The number of aromatic nitrogens is 2. The van der Waals surface area contributed by atoms with Crippen LogP contribution in [0.1, 0.15) is 32.5 Å². The summed E-state index contributed by atoms with van der Waals surface area (Å²) in [6.07, 6.45) is 0.247. The Morgan fingerprint density at radius 2 is 2.25 bits per heavy atom. The monoisotopic (exact) mass is 225 g/mol. The first kappa shape index (κ1) is 11.5. The summed E-state index contributed by atoms with van der Waals surface area (Å²) in [5.74, 6) is 1.37. The average molecular weight is 225 g/mol. The van der Waals surface area contributed by atoms with E-state index in [2.05, 4.69) is 35.8 Å². The summed E-state index contributed by atoms with van der Waals surface area (Å²) < 4.78 is 10.8. The van der Waals surface area contributed by atoms with Gasteiger partial charge < -0.3 is 9.26 Å². The molecule has 1 unspecified atom stereocenters. The van der Waals surface area contributed by atoms with Crippen LogP contribution in [-0.4, -0.2) is 39.8 Å². The predicted octanol–water partition coefficient (Wildman–Crippen LogP) is 1.38. The van der Waals surface area contributed by atoms with Gasteiger partial charge in [-0.2, -0.15) is 4.98 Å². The predicted molar refractivity (Wildman–Crippen MR) is 58.9 cm³/mol. The van der Waals surface area contributed by atoms with Crippen LogP contribution in [0, 0.1) is 6.92 Å². The van der Waals surface area contributed by atoms with Crippen molar-refractivity contribution in [2.24, 2.45) is 0 Å². The first-order valence-corrected chi connectivity index (χ1v) is 5.64. The molecule has 0 amide bonds. The standard InChI is InChI=1S/C11H19N3O2/c1-8-5-14(7-11(3,4)15-8)6-10-12-9(2)16-13-10/h8H,5-7H2,1-4H3. The SMILES string of the molecule is Cc1nc(CN2CC(C)OC(C)(C)C2)no1. The Morgan fingerprint density at radius 1 is 1.50 bits per heavy atom. The van der Waals surface area contributed by atoms with E-state index in [0.717, 1.165) is 25.5 Å². The van der Waals surface area contributed by atoms with Gasteiger partial charge in [0.05, 0.1) is 18.2 Å². The summed E-state index contributed by atoms with van der Waals surface area (Å²) in [6, 6.07) is 0. The summed E-state index contributed by atoms with van der Waals surface area (Å²) in [5.41, 5.74) is -0.101. The minimum absolute atomic E-state index is 0.101. The van der Waals surface area contributed by atoms with Crippen LogP contribution in [0.4, 0.5) is 0 Å². The minimum atomic E-state index is -0.101. The Balaban J connectivity index is 1.99. The van der Waals surface area contributed by atoms with Crippen LogP contribution >= 0.6 is 0 Å². The number of nitrogens with zero attached hydrogens (tertiary/aromatic N) is 3. The van der Waals surface area contributed by atoms with Gasteiger partial charge in [0, 0.05) is 20.0 Å². The molecule has 1 fully saturated rings. The highest BCUT2D eigenvalue weighted by molar-refractivity contribution is 4.88. The van der Waals surface area contributed by atoms with Crippen molar-refractivity contribution in [3.63, 3.8) is 0 Å². The van der Waals surface area contributed by atoms with Gasteiger partial charge in [-0.15, -0.1) is 0 Å². The molecule has 1 atom stereocenters. The topological polar surface area (TPSA) is 51.4 Å². The third-order valence-corrected chi connectivity index (χ3v) is 2.57. The van der Waals surface area contributed by atoms with Crippen LogP contribution in [0.25, 0.3) is 0 Å². The van der Waals surface area contributed by atoms with Gasteiger partial charge in [-0.1, -0.05) is 5.16 Å². The molecule has 0 saturated carbocycles. The van der Waals surface area contributed by atoms with E-state index in [0.29, 0.717) is 5.89 Å².